The van der Waals surface area contributed by atoms with Gasteiger partial charge in [0.15, 0.2) is 0 Å². The van der Waals surface area contributed by atoms with Gasteiger partial charge in [-0.05, 0) is 48.0 Å². The molecule has 0 bridgehead atoms. The van der Waals surface area contributed by atoms with Gasteiger partial charge in [-0.25, -0.2) is 0 Å². The summed E-state index contributed by atoms with van der Waals surface area (Å²) in [7, 11) is 2.84. The third kappa shape index (κ3) is 4.07. The minimum Gasteiger partial charge on any atom is -0.507 e. The zero-order chi connectivity index (χ0) is 23.7. The summed E-state index contributed by atoms with van der Waals surface area (Å²) < 4.78 is 11.5. The van der Waals surface area contributed by atoms with Gasteiger partial charge in [0.1, 0.15) is 17.3 Å². The number of aliphatic hydroxyl groups is 1. The normalized spacial score (nSPS) is 17.3. The highest BCUT2D eigenvalue weighted by atomic mass is 79.9. The highest BCUT2D eigenvalue weighted by Crippen LogP contribution is 2.44. The van der Waals surface area contributed by atoms with Crippen molar-refractivity contribution < 1.29 is 24.2 Å². The van der Waals surface area contributed by atoms with Crippen LogP contribution in [0.2, 0.25) is 5.02 Å². The number of hydrogen-bond donors (Lipinski definition) is 1. The number of methoxy groups -OCH3 is 2. The summed E-state index contributed by atoms with van der Waals surface area (Å²) >= 11 is 9.57. The number of halogens is 2. The van der Waals surface area contributed by atoms with Crippen molar-refractivity contribution in [1.82, 2.24) is 4.98 Å². The quantitative estimate of drug-likeness (QED) is 0.280. The van der Waals surface area contributed by atoms with Gasteiger partial charge in [0, 0.05) is 28.6 Å². The molecular weight excluding hydrogens is 512 g/mol. The summed E-state index contributed by atoms with van der Waals surface area (Å²) in [5, 5.41) is 11.6. The number of carbonyl (C=O) groups excluding carboxylic acids is 2. The summed E-state index contributed by atoms with van der Waals surface area (Å²) in [5.74, 6) is -1.49. The Morgan fingerprint density at radius 2 is 1.67 bits per heavy atom. The number of rotatable bonds is 5. The van der Waals surface area contributed by atoms with Crippen LogP contribution >= 0.6 is 27.5 Å². The molecule has 0 aliphatic carbocycles. The standard InChI is InChI=1S/C24H18BrClN2O5/c1-32-18-12-17(26)19(33-2)11-16(18)22(29)20-21(13-7-9-27-10-8-13)28(24(31)23(20)30)15-5-3-14(25)4-6-15/h3-12,21,29H,1-2H3/b22-20+. The number of Topliss-reactive ketones (excluding diaryl/α,β-unsaturated/α-hetero) is 1. The molecule has 1 fully saturated rings. The van der Waals surface area contributed by atoms with E-state index in [2.05, 4.69) is 20.9 Å². The van der Waals surface area contributed by atoms with Gasteiger partial charge in [0.2, 0.25) is 0 Å². The van der Waals surface area contributed by atoms with Gasteiger partial charge < -0.3 is 14.6 Å². The average molecular weight is 530 g/mol. The summed E-state index contributed by atoms with van der Waals surface area (Å²) in [6.45, 7) is 0. The molecule has 168 valence electrons. The molecule has 2 heterocycles. The maximum atomic E-state index is 13.2. The van der Waals surface area contributed by atoms with Crippen LogP contribution < -0.4 is 14.4 Å². The smallest absolute Gasteiger partial charge is 0.300 e. The molecule has 2 aromatic carbocycles. The van der Waals surface area contributed by atoms with E-state index in [0.717, 1.165) is 4.47 Å². The second-order valence-corrected chi connectivity index (χ2v) is 8.44. The molecule has 0 spiro atoms. The molecule has 4 rings (SSSR count). The Balaban J connectivity index is 1.98. The Morgan fingerprint density at radius 1 is 1.03 bits per heavy atom. The van der Waals surface area contributed by atoms with Gasteiger partial charge in [-0.2, -0.15) is 0 Å². The summed E-state index contributed by atoms with van der Waals surface area (Å²) in [6, 6.07) is 12.4. The predicted octanol–water partition coefficient (Wildman–Crippen LogP) is 5.14. The van der Waals surface area contributed by atoms with Gasteiger partial charge in [-0.1, -0.05) is 27.5 Å². The minimum absolute atomic E-state index is 0.0863. The van der Waals surface area contributed by atoms with Crippen LogP contribution in [0.4, 0.5) is 5.69 Å². The zero-order valence-electron chi connectivity index (χ0n) is 17.6. The number of nitrogens with zero attached hydrogens (tertiary/aromatic N) is 2. The number of aliphatic hydroxyl groups excluding tert-OH is 1. The molecule has 33 heavy (non-hydrogen) atoms. The van der Waals surface area contributed by atoms with Gasteiger partial charge in [0.05, 0.1) is 36.4 Å². The third-order valence-corrected chi connectivity index (χ3v) is 6.12. The van der Waals surface area contributed by atoms with E-state index < -0.39 is 23.5 Å². The first kappa shape index (κ1) is 22.8. The topological polar surface area (TPSA) is 89.0 Å². The third-order valence-electron chi connectivity index (χ3n) is 5.30. The molecule has 1 aliphatic rings. The van der Waals surface area contributed by atoms with Gasteiger partial charge in [-0.15, -0.1) is 0 Å². The second-order valence-electron chi connectivity index (χ2n) is 7.11. The molecule has 7 nitrogen and oxygen atoms in total. The second kappa shape index (κ2) is 9.25. The largest absolute Gasteiger partial charge is 0.507 e. The maximum Gasteiger partial charge on any atom is 0.300 e. The summed E-state index contributed by atoms with van der Waals surface area (Å²) in [5.41, 5.74) is 1.19. The molecule has 1 unspecified atom stereocenters. The van der Waals surface area contributed by atoms with Crippen LogP contribution in [-0.2, 0) is 9.59 Å². The average Bonchev–Trinajstić information content (AvgIpc) is 3.10. The highest BCUT2D eigenvalue weighted by Gasteiger charge is 2.47. The van der Waals surface area contributed by atoms with Crippen molar-refractivity contribution in [1.29, 1.82) is 0 Å². The molecule has 1 aliphatic heterocycles. The van der Waals surface area contributed by atoms with E-state index in [1.54, 1.807) is 48.8 Å². The lowest BCUT2D eigenvalue weighted by Gasteiger charge is -2.25. The molecule has 3 aromatic rings. The number of amides is 1. The molecule has 1 saturated heterocycles. The Morgan fingerprint density at radius 3 is 2.27 bits per heavy atom. The van der Waals surface area contributed by atoms with Crippen molar-refractivity contribution in [2.45, 2.75) is 6.04 Å². The lowest BCUT2D eigenvalue weighted by atomic mass is 9.95. The molecule has 1 aromatic heterocycles. The van der Waals surface area contributed by atoms with Gasteiger partial charge >= 0.3 is 0 Å². The molecule has 1 atom stereocenters. The van der Waals surface area contributed by atoms with Crippen LogP contribution in [0.3, 0.4) is 0 Å². The predicted molar refractivity (Wildman–Crippen MR) is 128 cm³/mol. The fourth-order valence-corrected chi connectivity index (χ4v) is 4.25. The van der Waals surface area contributed by atoms with Crippen molar-refractivity contribution in [2.24, 2.45) is 0 Å². The van der Waals surface area contributed by atoms with Crippen LogP contribution in [0, 0.1) is 0 Å². The number of hydrogen-bond acceptors (Lipinski definition) is 6. The van der Waals surface area contributed by atoms with E-state index in [4.69, 9.17) is 21.1 Å². The molecular formula is C24H18BrClN2O5. The van der Waals surface area contributed by atoms with Crippen LogP contribution in [-0.4, -0.2) is 36.0 Å². The number of carbonyl (C=O) groups is 2. The monoisotopic (exact) mass is 528 g/mol. The van der Waals surface area contributed by atoms with Gasteiger partial charge in [0.25, 0.3) is 11.7 Å². The van der Waals surface area contributed by atoms with Crippen LogP contribution in [0.5, 0.6) is 11.5 Å². The van der Waals surface area contributed by atoms with E-state index >= 15 is 0 Å². The van der Waals surface area contributed by atoms with Crippen molar-refractivity contribution in [3.8, 4) is 11.5 Å². The number of anilines is 1. The SMILES string of the molecule is COc1cc(/C(O)=C2\C(=O)C(=O)N(c3ccc(Br)cc3)C2c2ccncc2)c(OC)cc1Cl. The molecule has 9 heteroatoms. The first-order valence-electron chi connectivity index (χ1n) is 9.75. The Bertz CT molecular complexity index is 1260. The number of ether oxygens (including phenoxy) is 2. The highest BCUT2D eigenvalue weighted by molar-refractivity contribution is 9.10. The number of pyridine rings is 1. The molecule has 0 saturated carbocycles. The van der Waals surface area contributed by atoms with E-state index in [1.165, 1.54) is 31.3 Å². The molecule has 1 N–H and O–H groups in total. The van der Waals surface area contributed by atoms with E-state index in [-0.39, 0.29) is 27.7 Å². The zero-order valence-corrected chi connectivity index (χ0v) is 19.9. The number of aromatic nitrogens is 1. The van der Waals surface area contributed by atoms with Crippen molar-refractivity contribution in [3.05, 3.63) is 87.1 Å². The fourth-order valence-electron chi connectivity index (χ4n) is 3.75. The fraction of sp³-hybridized carbons (Fsp3) is 0.125. The molecule has 1 amide bonds. The maximum absolute atomic E-state index is 13.2. The van der Waals surface area contributed by atoms with Crippen molar-refractivity contribution in [2.75, 3.05) is 19.1 Å². The first-order chi connectivity index (χ1) is 15.9. The van der Waals surface area contributed by atoms with E-state index in [0.29, 0.717) is 11.3 Å². The number of benzene rings is 2. The molecule has 0 radical (unpaired) electrons. The van der Waals surface area contributed by atoms with Crippen LogP contribution in [0.25, 0.3) is 5.76 Å². The summed E-state index contributed by atoms with van der Waals surface area (Å²) in [4.78, 5) is 31.8. The lowest BCUT2D eigenvalue weighted by molar-refractivity contribution is -0.132. The lowest BCUT2D eigenvalue weighted by Crippen LogP contribution is -2.29. The Hall–Kier alpha value is -3.36. The van der Waals surface area contributed by atoms with Crippen LogP contribution in [0.1, 0.15) is 17.2 Å². The first-order valence-corrected chi connectivity index (χ1v) is 10.9. The van der Waals surface area contributed by atoms with E-state index in [1.807, 2.05) is 0 Å². The Kier molecular flexibility index (Phi) is 6.40. The van der Waals surface area contributed by atoms with Crippen molar-refractivity contribution >= 4 is 50.7 Å². The van der Waals surface area contributed by atoms with Gasteiger partial charge in [-0.3, -0.25) is 19.5 Å². The minimum atomic E-state index is -0.888. The Labute approximate surface area is 203 Å². The van der Waals surface area contributed by atoms with Crippen LogP contribution in [0.15, 0.2) is 71.0 Å². The van der Waals surface area contributed by atoms with E-state index in [9.17, 15) is 14.7 Å². The summed E-state index contributed by atoms with van der Waals surface area (Å²) in [6.07, 6.45) is 3.12. The van der Waals surface area contributed by atoms with Crippen molar-refractivity contribution in [3.63, 3.8) is 0 Å². The number of ketones is 1.